The summed E-state index contributed by atoms with van der Waals surface area (Å²) in [4.78, 5) is 26.9. The summed E-state index contributed by atoms with van der Waals surface area (Å²) in [5, 5.41) is 2.62. The molecule has 2 heterocycles. The molecule has 1 unspecified atom stereocenters. The Kier molecular flexibility index (Phi) is 5.58. The second-order valence-corrected chi connectivity index (χ2v) is 6.39. The number of hydrogen-bond acceptors (Lipinski definition) is 6. The first-order chi connectivity index (χ1) is 12.5. The molecule has 0 bridgehead atoms. The molecule has 0 radical (unpaired) electrons. The number of benzene rings is 1. The van der Waals surface area contributed by atoms with Gasteiger partial charge in [-0.2, -0.15) is 0 Å². The number of cyclic esters (lactones) is 1. The van der Waals surface area contributed by atoms with E-state index in [1.54, 1.807) is 19.1 Å². The van der Waals surface area contributed by atoms with Crippen LogP contribution in [0.1, 0.15) is 6.92 Å². The maximum Gasteiger partial charge on any atom is 0.414 e. The molecule has 0 aliphatic carbocycles. The lowest BCUT2D eigenvalue weighted by molar-refractivity contribution is -0.122. The van der Waals surface area contributed by atoms with E-state index in [9.17, 15) is 14.0 Å². The van der Waals surface area contributed by atoms with Crippen LogP contribution in [0.5, 0.6) is 0 Å². The number of nitrogens with two attached hydrogens (primary N) is 1. The van der Waals surface area contributed by atoms with Crippen LogP contribution in [0.3, 0.4) is 0 Å². The van der Waals surface area contributed by atoms with Crippen LogP contribution in [0.15, 0.2) is 18.2 Å². The van der Waals surface area contributed by atoms with Crippen molar-refractivity contribution in [3.05, 3.63) is 24.0 Å². The maximum absolute atomic E-state index is 14.5. The number of anilines is 2. The molecular formula is C17H23FN4O4. The van der Waals surface area contributed by atoms with Crippen LogP contribution in [0.4, 0.5) is 20.6 Å². The Morgan fingerprint density at radius 1 is 1.42 bits per heavy atom. The van der Waals surface area contributed by atoms with E-state index in [-0.39, 0.29) is 19.0 Å². The van der Waals surface area contributed by atoms with Gasteiger partial charge in [0.25, 0.3) is 0 Å². The van der Waals surface area contributed by atoms with Gasteiger partial charge in [0.1, 0.15) is 11.9 Å². The summed E-state index contributed by atoms with van der Waals surface area (Å²) < 4.78 is 25.0. The quantitative estimate of drug-likeness (QED) is 0.785. The molecular weight excluding hydrogens is 343 g/mol. The van der Waals surface area contributed by atoms with Crippen molar-refractivity contribution in [3.8, 4) is 0 Å². The summed E-state index contributed by atoms with van der Waals surface area (Å²) in [5.41, 5.74) is 6.39. The highest BCUT2D eigenvalue weighted by Crippen LogP contribution is 2.28. The molecule has 0 saturated carbocycles. The third kappa shape index (κ3) is 4.05. The summed E-state index contributed by atoms with van der Waals surface area (Å²) >= 11 is 0. The largest absolute Gasteiger partial charge is 0.442 e. The van der Waals surface area contributed by atoms with Crippen LogP contribution in [0.2, 0.25) is 0 Å². The number of rotatable bonds is 5. The van der Waals surface area contributed by atoms with Gasteiger partial charge in [0.2, 0.25) is 5.91 Å². The SMILES string of the molecule is CC(N)C(=O)NC[C@@H]1CN(c2ccc(N3CCOCC3)c(F)c2)C(=O)O1. The number of nitrogens with zero attached hydrogens (tertiary/aromatic N) is 2. The summed E-state index contributed by atoms with van der Waals surface area (Å²) in [6.07, 6.45) is -1.07. The third-order valence-electron chi connectivity index (χ3n) is 4.39. The van der Waals surface area contributed by atoms with E-state index in [0.29, 0.717) is 37.7 Å². The molecule has 1 aromatic carbocycles. The Labute approximate surface area is 151 Å². The lowest BCUT2D eigenvalue weighted by Gasteiger charge is -2.29. The van der Waals surface area contributed by atoms with Crippen LogP contribution in [0.25, 0.3) is 0 Å². The second-order valence-electron chi connectivity index (χ2n) is 6.39. The van der Waals surface area contributed by atoms with Gasteiger partial charge in [-0.05, 0) is 25.1 Å². The van der Waals surface area contributed by atoms with E-state index in [1.165, 1.54) is 11.0 Å². The van der Waals surface area contributed by atoms with Crippen molar-refractivity contribution in [2.45, 2.75) is 19.1 Å². The van der Waals surface area contributed by atoms with E-state index in [1.807, 2.05) is 4.90 Å². The number of ether oxygens (including phenoxy) is 2. The van der Waals surface area contributed by atoms with Gasteiger partial charge in [0.15, 0.2) is 0 Å². The number of morpholine rings is 1. The predicted octanol–water partition coefficient (Wildman–Crippen LogP) is 0.451. The van der Waals surface area contributed by atoms with E-state index >= 15 is 0 Å². The van der Waals surface area contributed by atoms with Crippen LogP contribution in [-0.2, 0) is 14.3 Å². The number of nitrogens with one attached hydrogen (secondary N) is 1. The predicted molar refractivity (Wildman–Crippen MR) is 93.7 cm³/mol. The molecule has 8 nitrogen and oxygen atoms in total. The number of hydrogen-bond donors (Lipinski definition) is 2. The van der Waals surface area contributed by atoms with Crippen molar-refractivity contribution >= 4 is 23.4 Å². The fourth-order valence-corrected chi connectivity index (χ4v) is 2.94. The Hall–Kier alpha value is -2.39. The Morgan fingerprint density at radius 2 is 2.15 bits per heavy atom. The molecule has 0 aromatic heterocycles. The molecule has 2 amide bonds. The standard InChI is InChI=1S/C17H23FN4O4/c1-11(19)16(23)20-9-13-10-22(17(24)26-13)12-2-3-15(14(18)8-12)21-4-6-25-7-5-21/h2-3,8,11,13H,4-7,9-10,19H2,1H3,(H,20,23)/t11?,13-/m1/s1. The van der Waals surface area contributed by atoms with Gasteiger partial charge in [-0.25, -0.2) is 9.18 Å². The van der Waals surface area contributed by atoms with Gasteiger partial charge in [0.05, 0.1) is 43.7 Å². The van der Waals surface area contributed by atoms with Crippen LogP contribution >= 0.6 is 0 Å². The average Bonchev–Trinajstić information content (AvgIpc) is 3.01. The lowest BCUT2D eigenvalue weighted by Crippen LogP contribution is -2.42. The molecule has 2 fully saturated rings. The molecule has 2 aliphatic rings. The van der Waals surface area contributed by atoms with Crippen molar-refractivity contribution in [2.75, 3.05) is 49.2 Å². The lowest BCUT2D eigenvalue weighted by atomic mass is 10.2. The molecule has 26 heavy (non-hydrogen) atoms. The highest BCUT2D eigenvalue weighted by atomic mass is 19.1. The Bertz CT molecular complexity index is 679. The van der Waals surface area contributed by atoms with Crippen molar-refractivity contribution in [2.24, 2.45) is 5.73 Å². The molecule has 3 rings (SSSR count). The fraction of sp³-hybridized carbons (Fsp3) is 0.529. The van der Waals surface area contributed by atoms with E-state index in [0.717, 1.165) is 0 Å². The van der Waals surface area contributed by atoms with Gasteiger partial charge in [-0.3, -0.25) is 9.69 Å². The number of amides is 2. The molecule has 1 aromatic rings. The van der Waals surface area contributed by atoms with Crippen LogP contribution < -0.4 is 20.9 Å². The first kappa shape index (κ1) is 18.4. The van der Waals surface area contributed by atoms with Crippen molar-refractivity contribution in [1.82, 2.24) is 5.32 Å². The first-order valence-corrected chi connectivity index (χ1v) is 8.59. The van der Waals surface area contributed by atoms with Gasteiger partial charge < -0.3 is 25.4 Å². The second kappa shape index (κ2) is 7.88. The Morgan fingerprint density at radius 3 is 2.81 bits per heavy atom. The van der Waals surface area contributed by atoms with E-state index in [4.69, 9.17) is 15.2 Å². The topological polar surface area (TPSA) is 97.1 Å². The van der Waals surface area contributed by atoms with Gasteiger partial charge in [0, 0.05) is 13.1 Å². The first-order valence-electron chi connectivity index (χ1n) is 8.59. The zero-order chi connectivity index (χ0) is 18.7. The molecule has 3 N–H and O–H groups in total. The molecule has 2 saturated heterocycles. The zero-order valence-corrected chi connectivity index (χ0v) is 14.6. The Balaban J connectivity index is 1.64. The molecule has 2 aliphatic heterocycles. The van der Waals surface area contributed by atoms with Crippen molar-refractivity contribution in [1.29, 1.82) is 0 Å². The van der Waals surface area contributed by atoms with Gasteiger partial charge >= 0.3 is 6.09 Å². The minimum absolute atomic E-state index is 0.164. The molecule has 2 atom stereocenters. The fourth-order valence-electron chi connectivity index (χ4n) is 2.94. The highest BCUT2D eigenvalue weighted by molar-refractivity contribution is 5.90. The van der Waals surface area contributed by atoms with Gasteiger partial charge in [-0.15, -0.1) is 0 Å². The third-order valence-corrected chi connectivity index (χ3v) is 4.39. The molecule has 9 heteroatoms. The monoisotopic (exact) mass is 366 g/mol. The highest BCUT2D eigenvalue weighted by Gasteiger charge is 2.33. The smallest absolute Gasteiger partial charge is 0.414 e. The number of carbonyl (C=O) groups is 2. The maximum atomic E-state index is 14.5. The van der Waals surface area contributed by atoms with Gasteiger partial charge in [-0.1, -0.05) is 0 Å². The summed E-state index contributed by atoms with van der Waals surface area (Å²) in [5.74, 6) is -0.716. The average molecular weight is 366 g/mol. The minimum atomic E-state index is -0.634. The van der Waals surface area contributed by atoms with Crippen molar-refractivity contribution in [3.63, 3.8) is 0 Å². The minimum Gasteiger partial charge on any atom is -0.442 e. The normalized spacial score (nSPS) is 21.5. The van der Waals surface area contributed by atoms with Crippen LogP contribution in [0, 0.1) is 5.82 Å². The summed E-state index contributed by atoms with van der Waals surface area (Å²) in [7, 11) is 0. The molecule has 0 spiro atoms. The molecule has 142 valence electrons. The van der Waals surface area contributed by atoms with E-state index < -0.39 is 24.1 Å². The van der Waals surface area contributed by atoms with E-state index in [2.05, 4.69) is 5.32 Å². The number of halogens is 1. The summed E-state index contributed by atoms with van der Waals surface area (Å²) in [6, 6.07) is 4.05. The number of carbonyl (C=O) groups excluding carboxylic acids is 2. The van der Waals surface area contributed by atoms with Crippen molar-refractivity contribution < 1.29 is 23.5 Å². The summed E-state index contributed by atoms with van der Waals surface area (Å²) in [6.45, 7) is 4.35. The zero-order valence-electron chi connectivity index (χ0n) is 14.6. The van der Waals surface area contributed by atoms with Crippen LogP contribution in [-0.4, -0.2) is 63.5 Å².